The standard InChI is InChI=1S/C17H20N6O2/c1-25-7-3-6-23-12-21-22-16(23)11-18-17(24)14-5-2-4-13(8-14)15-9-19-20-10-15/h2,4-5,8-10,12H,3,6-7,11H2,1H3,(H,18,24)(H,19,20). The molecule has 8 nitrogen and oxygen atoms in total. The highest BCUT2D eigenvalue weighted by Crippen LogP contribution is 2.18. The van der Waals surface area contributed by atoms with Gasteiger partial charge in [0.05, 0.1) is 12.7 Å². The van der Waals surface area contributed by atoms with Crippen LogP contribution in [-0.2, 0) is 17.8 Å². The van der Waals surface area contributed by atoms with Gasteiger partial charge in [-0.2, -0.15) is 5.10 Å². The van der Waals surface area contributed by atoms with Crippen molar-refractivity contribution in [2.45, 2.75) is 19.5 Å². The maximum absolute atomic E-state index is 12.4. The second-order valence-corrected chi connectivity index (χ2v) is 5.54. The third-order valence-electron chi connectivity index (χ3n) is 3.81. The van der Waals surface area contributed by atoms with Crippen LogP contribution in [0, 0.1) is 0 Å². The fourth-order valence-corrected chi connectivity index (χ4v) is 2.49. The molecule has 0 atom stereocenters. The van der Waals surface area contributed by atoms with Gasteiger partial charge < -0.3 is 14.6 Å². The molecule has 2 heterocycles. The summed E-state index contributed by atoms with van der Waals surface area (Å²) >= 11 is 0. The highest BCUT2D eigenvalue weighted by atomic mass is 16.5. The molecule has 0 aliphatic heterocycles. The van der Waals surface area contributed by atoms with Crippen LogP contribution >= 0.6 is 0 Å². The molecule has 0 spiro atoms. The Labute approximate surface area is 145 Å². The summed E-state index contributed by atoms with van der Waals surface area (Å²) in [5.74, 6) is 0.562. The van der Waals surface area contributed by atoms with Crippen molar-refractivity contribution in [3.8, 4) is 11.1 Å². The lowest BCUT2D eigenvalue weighted by Crippen LogP contribution is -2.24. The van der Waals surface area contributed by atoms with Gasteiger partial charge in [-0.25, -0.2) is 0 Å². The van der Waals surface area contributed by atoms with Crippen molar-refractivity contribution >= 4 is 5.91 Å². The zero-order chi connectivity index (χ0) is 17.5. The number of ether oxygens (including phenoxy) is 1. The van der Waals surface area contributed by atoms with Crippen LogP contribution in [0.2, 0.25) is 0 Å². The largest absolute Gasteiger partial charge is 0.385 e. The molecule has 1 amide bonds. The molecule has 0 radical (unpaired) electrons. The number of aromatic nitrogens is 5. The molecule has 3 rings (SSSR count). The highest BCUT2D eigenvalue weighted by molar-refractivity contribution is 5.95. The van der Waals surface area contributed by atoms with Crippen molar-refractivity contribution in [2.75, 3.05) is 13.7 Å². The van der Waals surface area contributed by atoms with E-state index in [0.717, 1.165) is 29.9 Å². The second-order valence-electron chi connectivity index (χ2n) is 5.54. The SMILES string of the molecule is COCCCn1cnnc1CNC(=O)c1cccc(-c2cn[nH]c2)c1. The molecule has 8 heteroatoms. The smallest absolute Gasteiger partial charge is 0.251 e. The van der Waals surface area contributed by atoms with Gasteiger partial charge in [-0.15, -0.1) is 10.2 Å². The Balaban J connectivity index is 1.62. The second kappa shape index (κ2) is 8.20. The predicted octanol–water partition coefficient (Wildman–Crippen LogP) is 1.63. The van der Waals surface area contributed by atoms with E-state index in [2.05, 4.69) is 25.7 Å². The van der Waals surface area contributed by atoms with Crippen LogP contribution in [0.1, 0.15) is 22.6 Å². The lowest BCUT2D eigenvalue weighted by molar-refractivity contribution is 0.0949. The third-order valence-corrected chi connectivity index (χ3v) is 3.81. The monoisotopic (exact) mass is 340 g/mol. The van der Waals surface area contributed by atoms with Gasteiger partial charge in [0.25, 0.3) is 5.91 Å². The Bertz CT molecular complexity index is 812. The molecule has 0 aliphatic rings. The van der Waals surface area contributed by atoms with Crippen molar-refractivity contribution in [3.05, 3.63) is 54.4 Å². The number of nitrogens with zero attached hydrogens (tertiary/aromatic N) is 4. The Kier molecular flexibility index (Phi) is 5.53. The van der Waals surface area contributed by atoms with Crippen LogP contribution in [-0.4, -0.2) is 44.6 Å². The molecule has 3 aromatic rings. The summed E-state index contributed by atoms with van der Waals surface area (Å²) in [5.41, 5.74) is 2.46. The summed E-state index contributed by atoms with van der Waals surface area (Å²) in [4.78, 5) is 12.4. The molecule has 0 saturated heterocycles. The van der Waals surface area contributed by atoms with E-state index >= 15 is 0 Å². The van der Waals surface area contributed by atoms with E-state index in [-0.39, 0.29) is 5.91 Å². The zero-order valence-corrected chi connectivity index (χ0v) is 14.0. The van der Waals surface area contributed by atoms with E-state index in [1.165, 1.54) is 0 Å². The van der Waals surface area contributed by atoms with E-state index in [1.54, 1.807) is 31.9 Å². The number of aryl methyl sites for hydroxylation is 1. The van der Waals surface area contributed by atoms with Gasteiger partial charge in [0.2, 0.25) is 0 Å². The topological polar surface area (TPSA) is 97.7 Å². The minimum atomic E-state index is -0.156. The summed E-state index contributed by atoms with van der Waals surface area (Å²) < 4.78 is 6.97. The number of carbonyl (C=O) groups excluding carboxylic acids is 1. The first-order chi connectivity index (χ1) is 12.3. The number of aromatic amines is 1. The summed E-state index contributed by atoms with van der Waals surface area (Å²) in [6.45, 7) is 1.74. The Morgan fingerprint density at radius 1 is 1.36 bits per heavy atom. The minimum absolute atomic E-state index is 0.156. The zero-order valence-electron chi connectivity index (χ0n) is 14.0. The van der Waals surface area contributed by atoms with Crippen molar-refractivity contribution in [1.29, 1.82) is 0 Å². The lowest BCUT2D eigenvalue weighted by Gasteiger charge is -2.08. The van der Waals surface area contributed by atoms with Gasteiger partial charge >= 0.3 is 0 Å². The first-order valence-electron chi connectivity index (χ1n) is 8.01. The number of hydrogen-bond donors (Lipinski definition) is 2. The van der Waals surface area contributed by atoms with E-state index in [1.807, 2.05) is 22.8 Å². The van der Waals surface area contributed by atoms with Crippen molar-refractivity contribution in [3.63, 3.8) is 0 Å². The maximum atomic E-state index is 12.4. The third kappa shape index (κ3) is 4.30. The van der Waals surface area contributed by atoms with Gasteiger partial charge in [-0.05, 0) is 24.1 Å². The fraction of sp³-hybridized carbons (Fsp3) is 0.294. The molecular weight excluding hydrogens is 320 g/mol. The molecule has 0 fully saturated rings. The summed E-state index contributed by atoms with van der Waals surface area (Å²) in [6.07, 6.45) is 6.04. The van der Waals surface area contributed by atoms with Crippen LogP contribution in [0.4, 0.5) is 0 Å². The molecular formula is C17H20N6O2. The number of benzene rings is 1. The average Bonchev–Trinajstić information content (AvgIpc) is 3.32. The van der Waals surface area contributed by atoms with Gasteiger partial charge in [0.1, 0.15) is 6.33 Å². The van der Waals surface area contributed by atoms with Crippen molar-refractivity contribution < 1.29 is 9.53 Å². The lowest BCUT2D eigenvalue weighted by atomic mass is 10.1. The molecule has 0 aliphatic carbocycles. The summed E-state index contributed by atoms with van der Waals surface area (Å²) in [5, 5.41) is 17.6. The number of carbonyl (C=O) groups is 1. The average molecular weight is 340 g/mol. The molecule has 0 saturated carbocycles. The molecule has 130 valence electrons. The molecule has 25 heavy (non-hydrogen) atoms. The van der Waals surface area contributed by atoms with Crippen LogP contribution in [0.3, 0.4) is 0 Å². The Morgan fingerprint density at radius 2 is 2.28 bits per heavy atom. The minimum Gasteiger partial charge on any atom is -0.385 e. The van der Waals surface area contributed by atoms with Crippen molar-refractivity contribution in [1.82, 2.24) is 30.3 Å². The molecule has 2 aromatic heterocycles. The number of amides is 1. The van der Waals surface area contributed by atoms with Gasteiger partial charge in [-0.1, -0.05) is 12.1 Å². The number of rotatable bonds is 8. The van der Waals surface area contributed by atoms with E-state index in [4.69, 9.17) is 4.74 Å². The van der Waals surface area contributed by atoms with Gasteiger partial charge in [0, 0.05) is 37.6 Å². The molecule has 0 unspecified atom stereocenters. The quantitative estimate of drug-likeness (QED) is 0.608. The predicted molar refractivity (Wildman–Crippen MR) is 91.7 cm³/mol. The fourth-order valence-electron chi connectivity index (χ4n) is 2.49. The normalized spacial score (nSPS) is 10.8. The van der Waals surface area contributed by atoms with Crippen LogP contribution < -0.4 is 5.32 Å². The van der Waals surface area contributed by atoms with E-state index in [0.29, 0.717) is 18.7 Å². The Hall–Kier alpha value is -3.00. The Morgan fingerprint density at radius 3 is 3.08 bits per heavy atom. The van der Waals surface area contributed by atoms with Gasteiger partial charge in [-0.3, -0.25) is 9.89 Å². The summed E-state index contributed by atoms with van der Waals surface area (Å²) in [6, 6.07) is 7.41. The van der Waals surface area contributed by atoms with Crippen LogP contribution in [0.5, 0.6) is 0 Å². The highest BCUT2D eigenvalue weighted by Gasteiger charge is 2.10. The molecule has 0 bridgehead atoms. The van der Waals surface area contributed by atoms with Crippen molar-refractivity contribution in [2.24, 2.45) is 0 Å². The number of methoxy groups -OCH3 is 1. The first kappa shape index (κ1) is 16.8. The number of H-pyrrole nitrogens is 1. The maximum Gasteiger partial charge on any atom is 0.251 e. The molecule has 1 aromatic carbocycles. The first-order valence-corrected chi connectivity index (χ1v) is 8.01. The number of hydrogen-bond acceptors (Lipinski definition) is 5. The van der Waals surface area contributed by atoms with E-state index in [9.17, 15) is 4.79 Å². The van der Waals surface area contributed by atoms with Crippen LogP contribution in [0.25, 0.3) is 11.1 Å². The number of nitrogens with one attached hydrogen (secondary N) is 2. The molecule has 2 N–H and O–H groups in total. The van der Waals surface area contributed by atoms with E-state index < -0.39 is 0 Å². The van der Waals surface area contributed by atoms with Gasteiger partial charge in [0.15, 0.2) is 5.82 Å². The summed E-state index contributed by atoms with van der Waals surface area (Å²) in [7, 11) is 1.67. The van der Waals surface area contributed by atoms with Crippen LogP contribution in [0.15, 0.2) is 43.0 Å².